The molecule has 0 aromatic heterocycles. The Kier molecular flexibility index (Phi) is 4.56. The molecule has 1 N–H and O–H groups in total. The van der Waals surface area contributed by atoms with E-state index in [1.165, 1.54) is 30.3 Å². The number of nitrogens with one attached hydrogen (secondary N) is 1. The van der Waals surface area contributed by atoms with Crippen molar-refractivity contribution < 1.29 is 17.9 Å². The number of hydrogen-bond donors (Lipinski definition) is 1. The molecule has 98 valence electrons. The molecule has 0 saturated carbocycles. The second-order valence-electron chi connectivity index (χ2n) is 2.96. The average molecular weight is 289 g/mol. The predicted molar refractivity (Wildman–Crippen MR) is 60.4 cm³/mol. The van der Waals surface area contributed by atoms with Crippen molar-refractivity contribution in [3.05, 3.63) is 23.2 Å². The van der Waals surface area contributed by atoms with Gasteiger partial charge in [-0.1, -0.05) is 17.7 Å². The molecule has 5 nitrogen and oxygen atoms in total. The summed E-state index contributed by atoms with van der Waals surface area (Å²) in [4.78, 5) is 0. The van der Waals surface area contributed by atoms with E-state index in [1.54, 1.807) is 0 Å². The van der Waals surface area contributed by atoms with Crippen molar-refractivity contribution in [2.24, 2.45) is 5.10 Å². The topological polar surface area (TPSA) is 81.2 Å². The van der Waals surface area contributed by atoms with Crippen molar-refractivity contribution in [3.8, 4) is 17.9 Å². The van der Waals surface area contributed by atoms with Gasteiger partial charge in [-0.3, -0.25) is 5.43 Å². The van der Waals surface area contributed by atoms with Gasteiger partial charge in [0.25, 0.3) is 0 Å². The summed E-state index contributed by atoms with van der Waals surface area (Å²) >= 11 is 5.58. The summed E-state index contributed by atoms with van der Waals surface area (Å²) in [5.41, 5.74) is 1.33. The van der Waals surface area contributed by atoms with Gasteiger partial charge in [0.2, 0.25) is 5.71 Å². The highest BCUT2D eigenvalue weighted by Crippen LogP contribution is 2.36. The van der Waals surface area contributed by atoms with Gasteiger partial charge < -0.3 is 4.74 Å². The van der Waals surface area contributed by atoms with Gasteiger partial charge in [0.15, 0.2) is 5.75 Å². The zero-order valence-electron chi connectivity index (χ0n) is 8.99. The third kappa shape index (κ3) is 4.37. The van der Waals surface area contributed by atoms with Gasteiger partial charge >= 0.3 is 6.36 Å². The van der Waals surface area contributed by atoms with Gasteiger partial charge in [0.05, 0.1) is 5.02 Å². The number of ether oxygens (including phenoxy) is 1. The number of nitrogens with zero attached hydrogens (tertiary/aromatic N) is 3. The Morgan fingerprint density at radius 1 is 1.32 bits per heavy atom. The predicted octanol–water partition coefficient (Wildman–Crippen LogP) is 3.05. The number of nitriles is 2. The maximum absolute atomic E-state index is 12.2. The lowest BCUT2D eigenvalue weighted by molar-refractivity contribution is -0.274. The summed E-state index contributed by atoms with van der Waals surface area (Å²) in [6, 6.07) is 6.60. The first-order valence-electron chi connectivity index (χ1n) is 4.55. The fourth-order valence-corrected chi connectivity index (χ4v) is 1.22. The molecule has 9 heteroatoms. The maximum atomic E-state index is 12.2. The molecule has 1 aromatic rings. The first-order chi connectivity index (χ1) is 8.87. The number of hydrazone groups is 1. The Bertz CT molecular complexity index is 570. The summed E-state index contributed by atoms with van der Waals surface area (Å²) in [7, 11) is 0. The molecule has 19 heavy (non-hydrogen) atoms. The molecule has 0 radical (unpaired) electrons. The van der Waals surface area contributed by atoms with E-state index in [0.717, 1.165) is 0 Å². The van der Waals surface area contributed by atoms with Crippen molar-refractivity contribution in [2.75, 3.05) is 5.43 Å². The normalized spacial score (nSPS) is 10.0. The van der Waals surface area contributed by atoms with E-state index in [0.29, 0.717) is 0 Å². The Hall–Kier alpha value is -2.45. The lowest BCUT2D eigenvalue weighted by Crippen LogP contribution is -2.18. The molecule has 1 aromatic carbocycles. The minimum atomic E-state index is -4.93. The van der Waals surface area contributed by atoms with E-state index in [9.17, 15) is 13.2 Å². The molecule has 0 spiro atoms. The first-order valence-corrected chi connectivity index (χ1v) is 4.93. The average Bonchev–Trinajstić information content (AvgIpc) is 2.33. The van der Waals surface area contributed by atoms with Crippen LogP contribution in [-0.4, -0.2) is 12.1 Å². The molecule has 0 aliphatic heterocycles. The first kappa shape index (κ1) is 14.6. The van der Waals surface area contributed by atoms with Gasteiger partial charge in [0, 0.05) is 0 Å². The van der Waals surface area contributed by atoms with Crippen LogP contribution >= 0.6 is 11.6 Å². The van der Waals surface area contributed by atoms with E-state index in [1.807, 2.05) is 0 Å². The van der Waals surface area contributed by atoms with Crippen molar-refractivity contribution in [2.45, 2.75) is 6.36 Å². The monoisotopic (exact) mass is 288 g/mol. The highest BCUT2D eigenvalue weighted by Gasteiger charge is 2.33. The van der Waals surface area contributed by atoms with Crippen molar-refractivity contribution in [1.82, 2.24) is 0 Å². The van der Waals surface area contributed by atoms with Crippen LogP contribution in [0.1, 0.15) is 0 Å². The van der Waals surface area contributed by atoms with Gasteiger partial charge in [-0.05, 0) is 12.1 Å². The number of anilines is 1. The van der Waals surface area contributed by atoms with Gasteiger partial charge in [-0.25, -0.2) is 0 Å². The Morgan fingerprint density at radius 2 is 1.95 bits per heavy atom. The van der Waals surface area contributed by atoms with Crippen molar-refractivity contribution >= 4 is 23.0 Å². The maximum Gasteiger partial charge on any atom is 0.573 e. The SMILES string of the molecule is N#CC(C#N)=NNc1cccc(Cl)c1OC(F)(F)F. The molecule has 0 atom stereocenters. The summed E-state index contributed by atoms with van der Waals surface area (Å²) in [5.74, 6) is -0.698. The highest BCUT2D eigenvalue weighted by atomic mass is 35.5. The fraction of sp³-hybridized carbons (Fsp3) is 0.100. The quantitative estimate of drug-likeness (QED) is 0.684. The van der Waals surface area contributed by atoms with Crippen LogP contribution in [0.5, 0.6) is 5.75 Å². The molecule has 0 unspecified atom stereocenters. The number of benzene rings is 1. The molecular formula is C10H4ClF3N4O. The number of halogens is 4. The summed E-state index contributed by atoms with van der Waals surface area (Å²) in [6.45, 7) is 0. The Morgan fingerprint density at radius 3 is 2.47 bits per heavy atom. The fourth-order valence-electron chi connectivity index (χ4n) is 1.01. The molecule has 0 aliphatic rings. The van der Waals surface area contributed by atoms with E-state index < -0.39 is 17.8 Å². The third-order valence-electron chi connectivity index (χ3n) is 1.68. The molecular weight excluding hydrogens is 285 g/mol. The Balaban J connectivity index is 3.09. The van der Waals surface area contributed by atoms with Gasteiger partial charge in [-0.15, -0.1) is 13.2 Å². The van der Waals surface area contributed by atoms with Crippen LogP contribution < -0.4 is 10.2 Å². The molecule has 0 saturated heterocycles. The molecule has 0 aliphatic carbocycles. The molecule has 0 bridgehead atoms. The zero-order chi connectivity index (χ0) is 14.5. The van der Waals surface area contributed by atoms with E-state index in [2.05, 4.69) is 15.3 Å². The summed E-state index contributed by atoms with van der Waals surface area (Å²) < 4.78 is 40.3. The number of alkyl halides is 3. The minimum absolute atomic E-state index is 0.229. The number of hydrogen-bond acceptors (Lipinski definition) is 5. The van der Waals surface area contributed by atoms with Crippen LogP contribution in [0.4, 0.5) is 18.9 Å². The molecule has 0 fully saturated rings. The van der Waals surface area contributed by atoms with Crippen LogP contribution in [0, 0.1) is 22.7 Å². The van der Waals surface area contributed by atoms with E-state index in [-0.39, 0.29) is 10.7 Å². The van der Waals surface area contributed by atoms with Crippen molar-refractivity contribution in [1.29, 1.82) is 10.5 Å². The number of rotatable bonds is 3. The van der Waals surface area contributed by atoms with Crippen LogP contribution in [-0.2, 0) is 0 Å². The lowest BCUT2D eigenvalue weighted by atomic mass is 10.3. The highest BCUT2D eigenvalue weighted by molar-refractivity contribution is 6.32. The standard InChI is InChI=1S/C10H4ClF3N4O/c11-7-2-1-3-8(9(7)19-10(12,13)14)18-17-6(4-15)5-16/h1-3,18H. The van der Waals surface area contributed by atoms with Crippen LogP contribution in [0.2, 0.25) is 5.02 Å². The van der Waals surface area contributed by atoms with Crippen LogP contribution in [0.3, 0.4) is 0 Å². The van der Waals surface area contributed by atoms with Gasteiger partial charge in [-0.2, -0.15) is 15.6 Å². The number of para-hydroxylation sites is 1. The second-order valence-corrected chi connectivity index (χ2v) is 3.37. The van der Waals surface area contributed by atoms with Gasteiger partial charge in [0.1, 0.15) is 17.8 Å². The second kappa shape index (κ2) is 5.94. The molecule has 1 rings (SSSR count). The van der Waals surface area contributed by atoms with Crippen molar-refractivity contribution in [3.63, 3.8) is 0 Å². The zero-order valence-corrected chi connectivity index (χ0v) is 9.75. The van der Waals surface area contributed by atoms with Crippen LogP contribution in [0.15, 0.2) is 23.3 Å². The van der Waals surface area contributed by atoms with E-state index >= 15 is 0 Å². The molecule has 0 amide bonds. The van der Waals surface area contributed by atoms with E-state index in [4.69, 9.17) is 22.1 Å². The summed E-state index contributed by atoms with van der Waals surface area (Å²) in [6.07, 6.45) is -4.93. The van der Waals surface area contributed by atoms with Crippen LogP contribution in [0.25, 0.3) is 0 Å². The summed E-state index contributed by atoms with van der Waals surface area (Å²) in [5, 5.41) is 19.9. The smallest absolute Gasteiger partial charge is 0.402 e. The minimum Gasteiger partial charge on any atom is -0.402 e. The lowest BCUT2D eigenvalue weighted by Gasteiger charge is -2.13. The third-order valence-corrected chi connectivity index (χ3v) is 1.98. The molecule has 0 heterocycles. The Labute approximate surface area is 110 Å². The largest absolute Gasteiger partial charge is 0.573 e.